The van der Waals surface area contributed by atoms with Crippen LogP contribution >= 0.6 is 0 Å². The third-order valence-electron chi connectivity index (χ3n) is 4.49. The zero-order valence-electron chi connectivity index (χ0n) is 14.3. The minimum absolute atomic E-state index is 0.00559. The predicted octanol–water partition coefficient (Wildman–Crippen LogP) is 2.84. The maximum Gasteiger partial charge on any atom is 0.259 e. The van der Waals surface area contributed by atoms with Crippen molar-refractivity contribution in [3.05, 3.63) is 47.4 Å². The van der Waals surface area contributed by atoms with Gasteiger partial charge in [-0.05, 0) is 30.9 Å². The summed E-state index contributed by atoms with van der Waals surface area (Å²) >= 11 is -2.58. The molecule has 4 rings (SSSR count). The number of halogens is 2. The molecule has 146 valence electrons. The van der Waals surface area contributed by atoms with E-state index < -0.39 is 39.9 Å². The molecule has 0 radical (unpaired) electrons. The molecule has 28 heavy (non-hydrogen) atoms. The third-order valence-corrected chi connectivity index (χ3v) is 4.88. The Morgan fingerprint density at radius 1 is 1.32 bits per heavy atom. The highest BCUT2D eigenvalue weighted by atomic mass is 32.2. The van der Waals surface area contributed by atoms with E-state index in [1.807, 2.05) is 4.72 Å². The van der Waals surface area contributed by atoms with Crippen LogP contribution in [0.1, 0.15) is 28.8 Å². The van der Waals surface area contributed by atoms with Gasteiger partial charge in [0.25, 0.3) is 11.3 Å². The summed E-state index contributed by atoms with van der Waals surface area (Å²) in [4.78, 5) is 24.0. The quantitative estimate of drug-likeness (QED) is 0.353. The number of hydrogen-bond donors (Lipinski definition) is 4. The summed E-state index contributed by atoms with van der Waals surface area (Å²) in [5.41, 5.74) is -0.959. The molecule has 4 N–H and O–H groups in total. The van der Waals surface area contributed by atoms with Crippen molar-refractivity contribution < 1.29 is 22.3 Å². The van der Waals surface area contributed by atoms with E-state index in [1.165, 1.54) is 12.5 Å². The molecule has 3 aromatic rings. The lowest BCUT2D eigenvalue weighted by atomic mass is 10.0. The second-order valence-corrected chi connectivity index (χ2v) is 7.14. The number of benzene rings is 1. The summed E-state index contributed by atoms with van der Waals surface area (Å²) < 4.78 is 50.7. The Labute approximate surface area is 160 Å². The van der Waals surface area contributed by atoms with Crippen LogP contribution in [0.4, 0.5) is 20.3 Å². The zero-order valence-corrected chi connectivity index (χ0v) is 15.1. The van der Waals surface area contributed by atoms with Gasteiger partial charge in [-0.25, -0.2) is 23.0 Å². The van der Waals surface area contributed by atoms with Crippen molar-refractivity contribution in [1.82, 2.24) is 15.0 Å². The van der Waals surface area contributed by atoms with Gasteiger partial charge in [0, 0.05) is 12.7 Å². The van der Waals surface area contributed by atoms with Crippen molar-refractivity contribution in [1.29, 1.82) is 0 Å². The molecule has 0 spiro atoms. The first-order valence-corrected chi connectivity index (χ1v) is 9.52. The van der Waals surface area contributed by atoms with E-state index in [-0.39, 0.29) is 5.56 Å². The first kappa shape index (κ1) is 18.4. The summed E-state index contributed by atoms with van der Waals surface area (Å²) in [6.07, 6.45) is 4.86. The summed E-state index contributed by atoms with van der Waals surface area (Å²) in [5, 5.41) is 3.48. The molecule has 2 heterocycles. The molecule has 0 saturated heterocycles. The van der Waals surface area contributed by atoms with Crippen LogP contribution in [0.5, 0.6) is 0 Å². The highest BCUT2D eigenvalue weighted by molar-refractivity contribution is 7.80. The van der Waals surface area contributed by atoms with Crippen molar-refractivity contribution in [2.45, 2.75) is 12.8 Å². The largest absolute Gasteiger partial charge is 0.369 e. The van der Waals surface area contributed by atoms with Gasteiger partial charge in [-0.2, -0.15) is 0 Å². The topological polar surface area (TPSA) is 120 Å². The lowest BCUT2D eigenvalue weighted by molar-refractivity contribution is 0.103. The molecule has 1 unspecified atom stereocenters. The molecule has 1 aliphatic carbocycles. The number of carbonyl (C=O) groups is 1. The second-order valence-electron chi connectivity index (χ2n) is 6.44. The fraction of sp³-hybridized carbons (Fsp3) is 0.235. The Kier molecular flexibility index (Phi) is 4.77. The number of fused-ring (bicyclic) bond motifs is 1. The van der Waals surface area contributed by atoms with Crippen LogP contribution < -0.4 is 10.0 Å². The van der Waals surface area contributed by atoms with E-state index in [4.69, 9.17) is 4.55 Å². The van der Waals surface area contributed by atoms with Crippen molar-refractivity contribution in [3.8, 4) is 0 Å². The summed E-state index contributed by atoms with van der Waals surface area (Å²) in [7, 11) is 0. The predicted molar refractivity (Wildman–Crippen MR) is 99.3 cm³/mol. The molecule has 1 fully saturated rings. The minimum atomic E-state index is -2.58. The van der Waals surface area contributed by atoms with E-state index in [2.05, 4.69) is 20.3 Å². The molecule has 8 nitrogen and oxygen atoms in total. The van der Waals surface area contributed by atoms with Gasteiger partial charge in [0.15, 0.2) is 5.82 Å². The van der Waals surface area contributed by atoms with Crippen LogP contribution in [0.3, 0.4) is 0 Å². The molecular formula is C17H15F2N5O3S. The average Bonchev–Trinajstić information content (AvgIpc) is 3.38. The number of aromatic amines is 1. The van der Waals surface area contributed by atoms with Gasteiger partial charge in [0.05, 0.1) is 22.2 Å². The lowest BCUT2D eigenvalue weighted by Crippen LogP contribution is -2.12. The van der Waals surface area contributed by atoms with Gasteiger partial charge in [-0.15, -0.1) is 0 Å². The molecule has 2 aromatic heterocycles. The Bertz CT molecular complexity index is 1100. The van der Waals surface area contributed by atoms with Crippen LogP contribution in [0, 0.1) is 17.6 Å². The van der Waals surface area contributed by atoms with Crippen LogP contribution in [0.15, 0.2) is 24.7 Å². The van der Waals surface area contributed by atoms with Gasteiger partial charge in [-0.3, -0.25) is 14.1 Å². The van der Waals surface area contributed by atoms with Crippen LogP contribution in [0.25, 0.3) is 11.0 Å². The first-order chi connectivity index (χ1) is 13.5. The number of H-pyrrole nitrogens is 1. The van der Waals surface area contributed by atoms with Crippen LogP contribution in [-0.4, -0.2) is 36.0 Å². The summed E-state index contributed by atoms with van der Waals surface area (Å²) in [6, 6.07) is 1.79. The Morgan fingerprint density at radius 2 is 2.11 bits per heavy atom. The van der Waals surface area contributed by atoms with E-state index in [0.29, 0.717) is 29.3 Å². The monoisotopic (exact) mass is 407 g/mol. The van der Waals surface area contributed by atoms with Crippen molar-refractivity contribution in [2.24, 2.45) is 5.92 Å². The number of anilines is 2. The molecule has 0 aliphatic heterocycles. The standard InChI is InChI=1S/C17H15F2N5O3S/c18-10-3-4-11(24-28(26)27)14(19)13(10)15(25)9-6-21-17-12(9)16(22-7-23-17)20-5-8-1-2-8/h3-4,6-8,24H,1-2,5H2,(H,26,27)(H2,20,21,22,23). The van der Waals surface area contributed by atoms with Crippen LogP contribution in [-0.2, 0) is 11.3 Å². The zero-order chi connectivity index (χ0) is 19.8. The van der Waals surface area contributed by atoms with E-state index in [1.54, 1.807) is 0 Å². The number of ketones is 1. The molecule has 11 heteroatoms. The number of nitrogens with zero attached hydrogens (tertiary/aromatic N) is 2. The average molecular weight is 407 g/mol. The van der Waals surface area contributed by atoms with Crippen molar-refractivity contribution in [3.63, 3.8) is 0 Å². The molecule has 1 aromatic carbocycles. The maximum absolute atomic E-state index is 14.7. The summed E-state index contributed by atoms with van der Waals surface area (Å²) in [6.45, 7) is 0.676. The lowest BCUT2D eigenvalue weighted by Gasteiger charge is -2.10. The Morgan fingerprint density at radius 3 is 2.82 bits per heavy atom. The molecule has 1 atom stereocenters. The van der Waals surface area contributed by atoms with Gasteiger partial charge in [0.1, 0.15) is 23.6 Å². The van der Waals surface area contributed by atoms with E-state index in [0.717, 1.165) is 25.0 Å². The van der Waals surface area contributed by atoms with E-state index >= 15 is 0 Å². The number of aromatic nitrogens is 3. The fourth-order valence-corrected chi connectivity index (χ4v) is 3.25. The summed E-state index contributed by atoms with van der Waals surface area (Å²) in [5.74, 6) is -2.34. The van der Waals surface area contributed by atoms with E-state index in [9.17, 15) is 17.8 Å². The number of nitrogens with one attached hydrogen (secondary N) is 3. The van der Waals surface area contributed by atoms with Gasteiger partial charge >= 0.3 is 0 Å². The van der Waals surface area contributed by atoms with Crippen molar-refractivity contribution >= 4 is 39.6 Å². The fourth-order valence-electron chi connectivity index (χ4n) is 2.91. The third kappa shape index (κ3) is 3.45. The molecule has 0 bridgehead atoms. The van der Waals surface area contributed by atoms with Gasteiger partial charge in [-0.1, -0.05) is 0 Å². The van der Waals surface area contributed by atoms with Gasteiger partial charge in [0.2, 0.25) is 5.78 Å². The first-order valence-electron chi connectivity index (χ1n) is 8.42. The normalized spacial score (nSPS) is 14.8. The number of hydrogen-bond acceptors (Lipinski definition) is 5. The number of rotatable bonds is 7. The molecular weight excluding hydrogens is 392 g/mol. The highest BCUT2D eigenvalue weighted by Gasteiger charge is 2.27. The minimum Gasteiger partial charge on any atom is -0.369 e. The molecule has 1 saturated carbocycles. The SMILES string of the molecule is O=C(c1c(F)ccc(NS(=O)O)c1F)c1c[nH]c2ncnc(NCC3CC3)c12. The Balaban J connectivity index is 1.78. The molecule has 1 aliphatic rings. The Hall–Kier alpha value is -2.92. The highest BCUT2D eigenvalue weighted by Crippen LogP contribution is 2.32. The second kappa shape index (κ2) is 7.24. The number of carbonyl (C=O) groups excluding carboxylic acids is 1. The maximum atomic E-state index is 14.7. The molecule has 0 amide bonds. The van der Waals surface area contributed by atoms with Gasteiger partial charge < -0.3 is 10.3 Å². The van der Waals surface area contributed by atoms with Crippen LogP contribution in [0.2, 0.25) is 0 Å². The van der Waals surface area contributed by atoms with Crippen molar-refractivity contribution in [2.75, 3.05) is 16.6 Å². The smallest absolute Gasteiger partial charge is 0.259 e.